The second-order valence-electron chi connectivity index (χ2n) is 7.44. The highest BCUT2D eigenvalue weighted by molar-refractivity contribution is 5.96. The SMILES string of the molecule is Cc1cc(C)c(C(=O)N2CC[C@H](O)[C@](Cc3ccc(F)cc3)(C(=O)O)C2)cn1. The van der Waals surface area contributed by atoms with Crippen molar-refractivity contribution in [1.82, 2.24) is 9.88 Å². The summed E-state index contributed by atoms with van der Waals surface area (Å²) in [6, 6.07) is 7.31. The van der Waals surface area contributed by atoms with Crippen LogP contribution >= 0.6 is 0 Å². The number of aliphatic hydroxyl groups is 1. The number of pyridine rings is 1. The summed E-state index contributed by atoms with van der Waals surface area (Å²) >= 11 is 0. The Morgan fingerprint density at radius 1 is 1.29 bits per heavy atom. The highest BCUT2D eigenvalue weighted by atomic mass is 19.1. The fraction of sp³-hybridized carbons (Fsp3) is 0.381. The predicted molar refractivity (Wildman–Crippen MR) is 100 cm³/mol. The number of hydrogen-bond acceptors (Lipinski definition) is 4. The molecule has 1 aromatic heterocycles. The highest BCUT2D eigenvalue weighted by Gasteiger charge is 2.50. The molecule has 0 aliphatic carbocycles. The van der Waals surface area contributed by atoms with E-state index in [4.69, 9.17) is 0 Å². The van der Waals surface area contributed by atoms with Crippen molar-refractivity contribution in [2.45, 2.75) is 32.8 Å². The summed E-state index contributed by atoms with van der Waals surface area (Å²) in [6.45, 7) is 3.76. The number of rotatable bonds is 4. The number of amides is 1. The van der Waals surface area contributed by atoms with Gasteiger partial charge >= 0.3 is 5.97 Å². The molecular formula is C21H23FN2O4. The highest BCUT2D eigenvalue weighted by Crippen LogP contribution is 2.35. The third-order valence-corrected chi connectivity index (χ3v) is 5.41. The second-order valence-corrected chi connectivity index (χ2v) is 7.44. The summed E-state index contributed by atoms with van der Waals surface area (Å²) in [6.07, 6.45) is 0.535. The van der Waals surface area contributed by atoms with Gasteiger partial charge in [0.15, 0.2) is 0 Å². The molecule has 6 nitrogen and oxygen atoms in total. The Balaban J connectivity index is 1.91. The first kappa shape index (κ1) is 19.9. The summed E-state index contributed by atoms with van der Waals surface area (Å²) < 4.78 is 13.2. The third-order valence-electron chi connectivity index (χ3n) is 5.41. The molecule has 1 saturated heterocycles. The topological polar surface area (TPSA) is 90.7 Å². The van der Waals surface area contributed by atoms with Crippen molar-refractivity contribution in [3.63, 3.8) is 0 Å². The lowest BCUT2D eigenvalue weighted by molar-refractivity contribution is -0.161. The number of aromatic nitrogens is 1. The molecule has 2 aromatic rings. The van der Waals surface area contributed by atoms with E-state index in [1.165, 1.54) is 35.4 Å². The Hall–Kier alpha value is -2.80. The van der Waals surface area contributed by atoms with Crippen LogP contribution < -0.4 is 0 Å². The molecular weight excluding hydrogens is 363 g/mol. The number of carboxylic acids is 1. The van der Waals surface area contributed by atoms with Crippen LogP contribution in [0.1, 0.15) is 33.6 Å². The number of aryl methyl sites for hydroxylation is 2. The van der Waals surface area contributed by atoms with Crippen LogP contribution in [0, 0.1) is 25.1 Å². The van der Waals surface area contributed by atoms with Gasteiger partial charge in [-0.25, -0.2) is 4.39 Å². The lowest BCUT2D eigenvalue weighted by Crippen LogP contribution is -2.58. The summed E-state index contributed by atoms with van der Waals surface area (Å²) in [7, 11) is 0. The maximum atomic E-state index is 13.2. The number of carboxylic acid groups (broad SMARTS) is 1. The van der Waals surface area contributed by atoms with Gasteiger partial charge in [0.1, 0.15) is 11.2 Å². The Labute approximate surface area is 162 Å². The van der Waals surface area contributed by atoms with Gasteiger partial charge in [-0.15, -0.1) is 0 Å². The van der Waals surface area contributed by atoms with E-state index in [-0.39, 0.29) is 31.8 Å². The van der Waals surface area contributed by atoms with E-state index in [0.29, 0.717) is 11.1 Å². The average Bonchev–Trinajstić information content (AvgIpc) is 2.64. The van der Waals surface area contributed by atoms with Crippen molar-refractivity contribution in [1.29, 1.82) is 0 Å². The van der Waals surface area contributed by atoms with Gasteiger partial charge in [0.05, 0.1) is 11.7 Å². The fourth-order valence-corrected chi connectivity index (χ4v) is 3.77. The first-order chi connectivity index (χ1) is 13.2. The summed E-state index contributed by atoms with van der Waals surface area (Å²) in [5.41, 5.74) is 1.01. The van der Waals surface area contributed by atoms with Crippen molar-refractivity contribution in [3.05, 3.63) is 64.7 Å². The molecule has 3 rings (SSSR count). The molecule has 1 fully saturated rings. The van der Waals surface area contributed by atoms with Crippen molar-refractivity contribution < 1.29 is 24.2 Å². The van der Waals surface area contributed by atoms with Gasteiger partial charge in [0.25, 0.3) is 5.91 Å². The van der Waals surface area contributed by atoms with Gasteiger partial charge in [-0.3, -0.25) is 14.6 Å². The molecule has 0 bridgehead atoms. The van der Waals surface area contributed by atoms with Crippen LogP contribution in [0.4, 0.5) is 4.39 Å². The number of aliphatic carboxylic acids is 1. The molecule has 0 radical (unpaired) electrons. The molecule has 28 heavy (non-hydrogen) atoms. The molecule has 0 unspecified atom stereocenters. The van der Waals surface area contributed by atoms with Crippen LogP contribution in [-0.2, 0) is 11.2 Å². The Morgan fingerprint density at radius 2 is 1.96 bits per heavy atom. The molecule has 1 aliphatic rings. The van der Waals surface area contributed by atoms with Crippen molar-refractivity contribution in [2.75, 3.05) is 13.1 Å². The third kappa shape index (κ3) is 3.75. The fourth-order valence-electron chi connectivity index (χ4n) is 3.77. The number of benzene rings is 1. The van der Waals surface area contributed by atoms with Gasteiger partial charge in [0, 0.05) is 25.0 Å². The zero-order chi connectivity index (χ0) is 20.5. The van der Waals surface area contributed by atoms with Crippen LogP contribution in [0.5, 0.6) is 0 Å². The molecule has 7 heteroatoms. The van der Waals surface area contributed by atoms with E-state index < -0.39 is 23.3 Å². The van der Waals surface area contributed by atoms with Gasteiger partial charge in [0.2, 0.25) is 0 Å². The standard InChI is InChI=1S/C21H23FN2O4/c1-13-9-14(2)23-11-17(13)19(26)24-8-7-18(25)21(12-24,20(27)28)10-15-3-5-16(22)6-4-15/h3-6,9,11,18,25H,7-8,10,12H2,1-2H3,(H,27,28)/t18-,21+/m0/s1. The first-order valence-corrected chi connectivity index (χ1v) is 9.11. The molecule has 2 N–H and O–H groups in total. The quantitative estimate of drug-likeness (QED) is 0.842. The molecule has 0 spiro atoms. The largest absolute Gasteiger partial charge is 0.481 e. The van der Waals surface area contributed by atoms with E-state index in [9.17, 15) is 24.2 Å². The number of likely N-dealkylation sites (tertiary alicyclic amines) is 1. The van der Waals surface area contributed by atoms with Crippen LogP contribution in [-0.4, -0.2) is 51.2 Å². The molecule has 1 aromatic carbocycles. The number of hydrogen-bond donors (Lipinski definition) is 2. The molecule has 148 valence electrons. The smallest absolute Gasteiger partial charge is 0.314 e. The van der Waals surface area contributed by atoms with Crippen LogP contribution in [0.25, 0.3) is 0 Å². The van der Waals surface area contributed by atoms with Gasteiger partial charge in [-0.1, -0.05) is 12.1 Å². The molecule has 1 amide bonds. The van der Waals surface area contributed by atoms with Crippen LogP contribution in [0.15, 0.2) is 36.5 Å². The lowest BCUT2D eigenvalue weighted by atomic mass is 9.72. The van der Waals surface area contributed by atoms with Gasteiger partial charge in [-0.05, 0) is 56.0 Å². The predicted octanol–water partition coefficient (Wildman–Crippen LogP) is 2.36. The molecule has 1 aliphatic heterocycles. The Bertz CT molecular complexity index is 900. The maximum Gasteiger partial charge on any atom is 0.314 e. The van der Waals surface area contributed by atoms with E-state index in [2.05, 4.69) is 4.98 Å². The Kier molecular flexibility index (Phi) is 5.47. The zero-order valence-electron chi connectivity index (χ0n) is 15.9. The zero-order valence-corrected chi connectivity index (χ0v) is 15.9. The minimum atomic E-state index is -1.56. The summed E-state index contributed by atoms with van der Waals surface area (Å²) in [4.78, 5) is 30.8. The number of carbonyl (C=O) groups excluding carboxylic acids is 1. The number of aliphatic hydroxyl groups excluding tert-OH is 1. The normalized spacial score (nSPS) is 22.1. The van der Waals surface area contributed by atoms with Crippen molar-refractivity contribution >= 4 is 11.9 Å². The minimum Gasteiger partial charge on any atom is -0.481 e. The van der Waals surface area contributed by atoms with E-state index in [0.717, 1.165) is 11.3 Å². The number of nitrogens with zero attached hydrogens (tertiary/aromatic N) is 2. The van der Waals surface area contributed by atoms with Gasteiger partial charge < -0.3 is 15.1 Å². The summed E-state index contributed by atoms with van der Waals surface area (Å²) in [5.74, 6) is -1.90. The average molecular weight is 386 g/mol. The van der Waals surface area contributed by atoms with Gasteiger partial charge in [-0.2, -0.15) is 0 Å². The maximum absolute atomic E-state index is 13.2. The van der Waals surface area contributed by atoms with E-state index >= 15 is 0 Å². The monoisotopic (exact) mass is 386 g/mol. The van der Waals surface area contributed by atoms with Crippen molar-refractivity contribution in [2.24, 2.45) is 5.41 Å². The number of halogens is 1. The van der Waals surface area contributed by atoms with Crippen LogP contribution in [0.2, 0.25) is 0 Å². The first-order valence-electron chi connectivity index (χ1n) is 9.11. The van der Waals surface area contributed by atoms with E-state index in [1.54, 1.807) is 6.07 Å². The second kappa shape index (κ2) is 7.67. The van der Waals surface area contributed by atoms with Crippen LogP contribution in [0.3, 0.4) is 0 Å². The number of carbonyl (C=O) groups is 2. The minimum absolute atomic E-state index is 0.00130. The van der Waals surface area contributed by atoms with Crippen molar-refractivity contribution in [3.8, 4) is 0 Å². The lowest BCUT2D eigenvalue weighted by Gasteiger charge is -2.43. The molecule has 2 heterocycles. The van der Waals surface area contributed by atoms with E-state index in [1.807, 2.05) is 13.8 Å². The molecule has 0 saturated carbocycles. The molecule has 2 atom stereocenters. The Morgan fingerprint density at radius 3 is 2.57 bits per heavy atom. The summed E-state index contributed by atoms with van der Waals surface area (Å²) in [5, 5.41) is 20.5. The number of piperidine rings is 1.